The molecule has 0 fully saturated rings. The summed E-state index contributed by atoms with van der Waals surface area (Å²) in [5, 5.41) is 8.23. The van der Waals surface area contributed by atoms with Gasteiger partial charge in [0.2, 0.25) is 0 Å². The molecule has 31 heavy (non-hydrogen) atoms. The maximum atomic E-state index is 12.8. The Balaban J connectivity index is 1.69. The topological polar surface area (TPSA) is 112 Å². The first-order chi connectivity index (χ1) is 14.9. The molecule has 0 unspecified atom stereocenters. The zero-order valence-electron chi connectivity index (χ0n) is 17.5. The molecule has 3 amide bonds. The standard InChI is InChI=1S/C23H24N4O4/c1-4-31-22(29)19-14(2)20(24-15(19)3)21(28)25-17-11-8-12-18(13-17)27-23(30)26-16-9-6-5-7-10-16/h5-13,24H,4H2,1-3H3,(H,25,28)(H2,26,27,30). The van der Waals surface area contributed by atoms with Gasteiger partial charge in [-0.2, -0.15) is 0 Å². The highest BCUT2D eigenvalue weighted by Gasteiger charge is 2.23. The number of aromatic amines is 1. The van der Waals surface area contributed by atoms with Crippen molar-refractivity contribution in [2.45, 2.75) is 20.8 Å². The van der Waals surface area contributed by atoms with E-state index in [0.29, 0.717) is 33.9 Å². The van der Waals surface area contributed by atoms with Crippen LogP contribution in [-0.2, 0) is 4.74 Å². The first-order valence-corrected chi connectivity index (χ1v) is 9.79. The molecule has 0 bridgehead atoms. The first kappa shape index (κ1) is 21.6. The van der Waals surface area contributed by atoms with E-state index in [1.165, 1.54) is 0 Å². The van der Waals surface area contributed by atoms with Gasteiger partial charge in [0.15, 0.2) is 0 Å². The summed E-state index contributed by atoms with van der Waals surface area (Å²) in [6, 6.07) is 15.4. The Bertz CT molecular complexity index is 1110. The van der Waals surface area contributed by atoms with Crippen LogP contribution in [0.3, 0.4) is 0 Å². The molecule has 0 saturated heterocycles. The van der Waals surface area contributed by atoms with E-state index in [1.54, 1.807) is 57.2 Å². The van der Waals surface area contributed by atoms with E-state index in [9.17, 15) is 14.4 Å². The maximum Gasteiger partial charge on any atom is 0.340 e. The van der Waals surface area contributed by atoms with Gasteiger partial charge >= 0.3 is 12.0 Å². The van der Waals surface area contributed by atoms with Gasteiger partial charge in [0, 0.05) is 22.8 Å². The fourth-order valence-corrected chi connectivity index (χ4v) is 3.17. The van der Waals surface area contributed by atoms with Crippen molar-refractivity contribution in [3.8, 4) is 0 Å². The van der Waals surface area contributed by atoms with E-state index in [0.717, 1.165) is 0 Å². The Morgan fingerprint density at radius 3 is 2.16 bits per heavy atom. The highest BCUT2D eigenvalue weighted by Crippen LogP contribution is 2.21. The molecule has 8 nitrogen and oxygen atoms in total. The lowest BCUT2D eigenvalue weighted by molar-refractivity contribution is 0.0525. The molecule has 3 rings (SSSR count). The predicted octanol–water partition coefficient (Wildman–Crippen LogP) is 4.70. The number of carbonyl (C=O) groups is 3. The third-order valence-electron chi connectivity index (χ3n) is 4.55. The van der Waals surface area contributed by atoms with E-state index in [-0.39, 0.29) is 12.3 Å². The molecule has 0 spiro atoms. The molecule has 0 aliphatic heterocycles. The second-order valence-electron chi connectivity index (χ2n) is 6.83. The molecule has 0 aliphatic carbocycles. The second-order valence-corrected chi connectivity index (χ2v) is 6.83. The smallest absolute Gasteiger partial charge is 0.340 e. The van der Waals surface area contributed by atoms with E-state index >= 15 is 0 Å². The molecule has 0 aliphatic rings. The third kappa shape index (κ3) is 5.30. The summed E-state index contributed by atoms with van der Waals surface area (Å²) in [5.74, 6) is -0.870. The van der Waals surface area contributed by atoms with Crippen LogP contribution < -0.4 is 16.0 Å². The molecule has 0 atom stereocenters. The Kier molecular flexibility index (Phi) is 6.71. The number of urea groups is 1. The largest absolute Gasteiger partial charge is 0.462 e. The molecule has 1 aromatic heterocycles. The molecule has 2 aromatic carbocycles. The number of ether oxygens (including phenoxy) is 1. The van der Waals surface area contributed by atoms with Crippen LogP contribution in [0.25, 0.3) is 0 Å². The number of carbonyl (C=O) groups excluding carboxylic acids is 3. The minimum absolute atomic E-state index is 0.252. The highest BCUT2D eigenvalue weighted by molar-refractivity contribution is 6.07. The van der Waals surface area contributed by atoms with Crippen LogP contribution >= 0.6 is 0 Å². The van der Waals surface area contributed by atoms with Gasteiger partial charge in [0.1, 0.15) is 5.69 Å². The fraction of sp³-hybridized carbons (Fsp3) is 0.174. The van der Waals surface area contributed by atoms with Crippen molar-refractivity contribution in [3.05, 3.63) is 77.1 Å². The molecule has 4 N–H and O–H groups in total. The van der Waals surface area contributed by atoms with Crippen molar-refractivity contribution in [3.63, 3.8) is 0 Å². The average molecular weight is 420 g/mol. The minimum Gasteiger partial charge on any atom is -0.462 e. The fourth-order valence-electron chi connectivity index (χ4n) is 3.17. The third-order valence-corrected chi connectivity index (χ3v) is 4.55. The second kappa shape index (κ2) is 9.62. The Hall–Kier alpha value is -4.07. The lowest BCUT2D eigenvalue weighted by Crippen LogP contribution is -2.19. The van der Waals surface area contributed by atoms with Crippen LogP contribution in [0, 0.1) is 13.8 Å². The maximum absolute atomic E-state index is 12.8. The zero-order valence-corrected chi connectivity index (χ0v) is 17.5. The number of hydrogen-bond donors (Lipinski definition) is 4. The van der Waals surface area contributed by atoms with Crippen molar-refractivity contribution >= 4 is 35.0 Å². The van der Waals surface area contributed by atoms with E-state index in [1.807, 2.05) is 18.2 Å². The van der Waals surface area contributed by atoms with E-state index in [2.05, 4.69) is 20.9 Å². The SMILES string of the molecule is CCOC(=O)c1c(C)[nH]c(C(=O)Nc2cccc(NC(=O)Nc3ccccc3)c2)c1C. The quantitative estimate of drug-likeness (QED) is 0.433. The lowest BCUT2D eigenvalue weighted by atomic mass is 10.1. The average Bonchev–Trinajstić information content (AvgIpc) is 3.03. The van der Waals surface area contributed by atoms with E-state index < -0.39 is 17.9 Å². The number of rotatable bonds is 6. The summed E-state index contributed by atoms with van der Waals surface area (Å²) in [6.07, 6.45) is 0. The molecule has 160 valence electrons. The van der Waals surface area contributed by atoms with Gasteiger partial charge in [-0.1, -0.05) is 24.3 Å². The summed E-state index contributed by atoms with van der Waals surface area (Å²) in [7, 11) is 0. The number of aryl methyl sites for hydroxylation is 1. The van der Waals surface area contributed by atoms with Crippen molar-refractivity contribution in [1.82, 2.24) is 4.98 Å². The molecule has 3 aromatic rings. The number of para-hydroxylation sites is 1. The Morgan fingerprint density at radius 1 is 0.871 bits per heavy atom. The lowest BCUT2D eigenvalue weighted by Gasteiger charge is -2.10. The van der Waals surface area contributed by atoms with Gasteiger partial charge in [-0.15, -0.1) is 0 Å². The number of benzene rings is 2. The van der Waals surface area contributed by atoms with E-state index in [4.69, 9.17) is 4.74 Å². The highest BCUT2D eigenvalue weighted by atomic mass is 16.5. The summed E-state index contributed by atoms with van der Waals surface area (Å²) >= 11 is 0. The van der Waals surface area contributed by atoms with Gasteiger partial charge in [0.05, 0.1) is 12.2 Å². The summed E-state index contributed by atoms with van der Waals surface area (Å²) in [5.41, 5.74) is 3.39. The number of nitrogens with one attached hydrogen (secondary N) is 4. The predicted molar refractivity (Wildman–Crippen MR) is 120 cm³/mol. The van der Waals surface area contributed by atoms with Crippen molar-refractivity contribution in [2.75, 3.05) is 22.6 Å². The number of esters is 1. The number of anilines is 3. The monoisotopic (exact) mass is 420 g/mol. The Morgan fingerprint density at radius 2 is 1.48 bits per heavy atom. The first-order valence-electron chi connectivity index (χ1n) is 9.79. The van der Waals surface area contributed by atoms with Crippen molar-refractivity contribution < 1.29 is 19.1 Å². The van der Waals surface area contributed by atoms with Gasteiger partial charge < -0.3 is 25.7 Å². The van der Waals surface area contributed by atoms with Crippen LogP contribution in [0.15, 0.2) is 54.6 Å². The summed E-state index contributed by atoms with van der Waals surface area (Å²) in [4.78, 5) is 40.0. The van der Waals surface area contributed by atoms with Gasteiger partial charge in [-0.05, 0) is 56.7 Å². The summed E-state index contributed by atoms with van der Waals surface area (Å²) in [6.45, 7) is 5.38. The van der Waals surface area contributed by atoms with Crippen LogP contribution in [0.1, 0.15) is 39.0 Å². The number of hydrogen-bond acceptors (Lipinski definition) is 4. The zero-order chi connectivity index (χ0) is 22.4. The van der Waals surface area contributed by atoms with Crippen LogP contribution in [0.4, 0.5) is 21.9 Å². The molecule has 8 heteroatoms. The van der Waals surface area contributed by atoms with Crippen LogP contribution in [0.5, 0.6) is 0 Å². The number of amides is 3. The van der Waals surface area contributed by atoms with Crippen molar-refractivity contribution in [2.24, 2.45) is 0 Å². The van der Waals surface area contributed by atoms with Crippen molar-refractivity contribution in [1.29, 1.82) is 0 Å². The number of aromatic nitrogens is 1. The molecule has 1 heterocycles. The number of H-pyrrole nitrogens is 1. The molecule has 0 radical (unpaired) electrons. The molecule has 0 saturated carbocycles. The van der Waals surface area contributed by atoms with Gasteiger partial charge in [0.25, 0.3) is 5.91 Å². The molecular formula is C23H24N4O4. The summed E-state index contributed by atoms with van der Waals surface area (Å²) < 4.78 is 5.06. The van der Waals surface area contributed by atoms with Crippen LogP contribution in [-0.4, -0.2) is 29.5 Å². The normalized spacial score (nSPS) is 10.3. The molecular weight excluding hydrogens is 396 g/mol. The Labute approximate surface area is 180 Å². The van der Waals surface area contributed by atoms with Crippen LogP contribution in [0.2, 0.25) is 0 Å². The minimum atomic E-state index is -0.469. The van der Waals surface area contributed by atoms with Gasteiger partial charge in [-0.3, -0.25) is 4.79 Å². The van der Waals surface area contributed by atoms with Gasteiger partial charge in [-0.25, -0.2) is 9.59 Å².